The van der Waals surface area contributed by atoms with Crippen LogP contribution in [0.5, 0.6) is 5.88 Å². The van der Waals surface area contributed by atoms with E-state index in [1.807, 2.05) is 19.9 Å². The van der Waals surface area contributed by atoms with Crippen molar-refractivity contribution < 1.29 is 14.6 Å². The van der Waals surface area contributed by atoms with Crippen molar-refractivity contribution in [3.05, 3.63) is 46.1 Å². The molecule has 1 saturated heterocycles. The second-order valence-corrected chi connectivity index (χ2v) is 7.07. The lowest BCUT2D eigenvalue weighted by Gasteiger charge is -2.30. The number of aliphatic hydroxyl groups is 1. The number of hydrogen-bond acceptors (Lipinski definition) is 6. The van der Waals surface area contributed by atoms with E-state index in [1.165, 1.54) is 7.11 Å². The fourth-order valence-corrected chi connectivity index (χ4v) is 3.70. The number of carbonyl (C=O) groups excluding carboxylic acids is 1. The number of aryl methyl sites for hydroxylation is 2. The van der Waals surface area contributed by atoms with Crippen molar-refractivity contribution in [3.63, 3.8) is 0 Å². The average Bonchev–Trinajstić information content (AvgIpc) is 2.95. The average molecular weight is 372 g/mol. The second kappa shape index (κ2) is 5.79. The van der Waals surface area contributed by atoms with Gasteiger partial charge in [-0.25, -0.2) is 9.98 Å². The number of nitrogens with zero attached hydrogens (tertiary/aromatic N) is 3. The smallest absolute Gasteiger partial charge is 0.232 e. The number of anilines is 1. The molecule has 0 radical (unpaired) electrons. The molecular weight excluding hydrogens is 354 g/mol. The number of Topliss-reactive ketones (excluding diaryl/α,β-unsaturated/α-hetero) is 1. The Balaban J connectivity index is 1.84. The predicted octanol–water partition coefficient (Wildman–Crippen LogP) is 3.23. The number of benzene rings is 1. The van der Waals surface area contributed by atoms with Gasteiger partial charge < -0.3 is 14.7 Å². The largest absolute Gasteiger partial charge is 0.480 e. The number of rotatable bonds is 2. The molecule has 0 bridgehead atoms. The Morgan fingerprint density at radius 2 is 2.00 bits per heavy atom. The Labute approximate surface area is 156 Å². The van der Waals surface area contributed by atoms with E-state index in [-0.39, 0.29) is 12.2 Å². The first-order valence-corrected chi connectivity index (χ1v) is 8.67. The minimum atomic E-state index is -1.62. The highest BCUT2D eigenvalue weighted by Crippen LogP contribution is 2.41. The molecule has 26 heavy (non-hydrogen) atoms. The third kappa shape index (κ3) is 2.33. The summed E-state index contributed by atoms with van der Waals surface area (Å²) in [6.45, 7) is 4.36. The van der Waals surface area contributed by atoms with Gasteiger partial charge in [-0.1, -0.05) is 11.6 Å². The molecule has 4 rings (SSSR count). The van der Waals surface area contributed by atoms with E-state index in [1.54, 1.807) is 23.2 Å². The van der Waals surface area contributed by atoms with Gasteiger partial charge in [0.1, 0.15) is 10.9 Å². The SMILES string of the molecule is COc1ncc(N2CC[C@@]3(O)C(=O)c4cc(C)c(C)cc4N=C23)cc1Cl. The summed E-state index contributed by atoms with van der Waals surface area (Å²) in [7, 11) is 1.49. The topological polar surface area (TPSA) is 75.0 Å². The first-order valence-electron chi connectivity index (χ1n) is 8.30. The minimum absolute atomic E-state index is 0.265. The van der Waals surface area contributed by atoms with Gasteiger partial charge in [-0.05, 0) is 43.2 Å². The zero-order valence-corrected chi connectivity index (χ0v) is 15.5. The molecule has 0 aliphatic carbocycles. The summed E-state index contributed by atoms with van der Waals surface area (Å²) in [4.78, 5) is 23.6. The number of aliphatic imine (C=N–C) groups is 1. The molecule has 7 heteroatoms. The number of amidine groups is 1. The standard InChI is InChI=1S/C19H18ClN3O3/c1-10-6-13-15(7-11(10)2)22-18-19(25,16(13)24)4-5-23(18)12-8-14(20)17(26-3)21-9-12/h6-9,25H,4-5H2,1-3H3/t19-/m1/s1. The Morgan fingerprint density at radius 3 is 2.69 bits per heavy atom. The van der Waals surface area contributed by atoms with E-state index in [9.17, 15) is 9.90 Å². The van der Waals surface area contributed by atoms with Crippen LogP contribution in [0.4, 0.5) is 11.4 Å². The maximum absolute atomic E-state index is 13.0. The molecular formula is C19H18ClN3O3. The number of pyridine rings is 1. The van der Waals surface area contributed by atoms with Gasteiger partial charge in [0.15, 0.2) is 5.60 Å². The van der Waals surface area contributed by atoms with Gasteiger partial charge in [-0.2, -0.15) is 0 Å². The van der Waals surface area contributed by atoms with Crippen LogP contribution in [-0.4, -0.2) is 41.0 Å². The van der Waals surface area contributed by atoms with Crippen molar-refractivity contribution in [2.45, 2.75) is 25.9 Å². The third-order valence-corrected chi connectivity index (χ3v) is 5.35. The zero-order chi connectivity index (χ0) is 18.6. The van der Waals surface area contributed by atoms with Crippen LogP contribution in [0.25, 0.3) is 0 Å². The van der Waals surface area contributed by atoms with Crippen LogP contribution >= 0.6 is 11.6 Å². The van der Waals surface area contributed by atoms with Crippen molar-refractivity contribution in [3.8, 4) is 5.88 Å². The predicted molar refractivity (Wildman–Crippen MR) is 100 cm³/mol. The van der Waals surface area contributed by atoms with Gasteiger partial charge in [0.25, 0.3) is 0 Å². The first-order chi connectivity index (χ1) is 12.3. The molecule has 6 nitrogen and oxygen atoms in total. The van der Waals surface area contributed by atoms with E-state index >= 15 is 0 Å². The summed E-state index contributed by atoms with van der Waals surface area (Å²) >= 11 is 6.18. The lowest BCUT2D eigenvalue weighted by molar-refractivity contribution is 0.0602. The van der Waals surface area contributed by atoms with Gasteiger partial charge in [0.2, 0.25) is 11.7 Å². The molecule has 1 aromatic heterocycles. The van der Waals surface area contributed by atoms with Crippen LogP contribution in [0.15, 0.2) is 29.4 Å². The lowest BCUT2D eigenvalue weighted by atomic mass is 9.86. The van der Waals surface area contributed by atoms with E-state index in [0.717, 1.165) is 11.1 Å². The van der Waals surface area contributed by atoms with Gasteiger partial charge in [0.05, 0.1) is 24.7 Å². The van der Waals surface area contributed by atoms with Crippen LogP contribution < -0.4 is 9.64 Å². The molecule has 2 aliphatic rings. The van der Waals surface area contributed by atoms with Crippen LogP contribution in [0.2, 0.25) is 5.02 Å². The quantitative estimate of drug-likeness (QED) is 0.877. The van der Waals surface area contributed by atoms with Crippen LogP contribution in [0.1, 0.15) is 27.9 Å². The molecule has 0 saturated carbocycles. The molecule has 0 unspecified atom stereocenters. The summed E-state index contributed by atoms with van der Waals surface area (Å²) in [5.41, 5.74) is 2.13. The molecule has 2 aromatic rings. The molecule has 2 aliphatic heterocycles. The monoisotopic (exact) mass is 371 g/mol. The number of carbonyl (C=O) groups is 1. The van der Waals surface area contributed by atoms with Crippen molar-refractivity contribution in [1.29, 1.82) is 0 Å². The number of hydrogen-bond donors (Lipinski definition) is 1. The molecule has 0 amide bonds. The number of aromatic nitrogens is 1. The number of ketones is 1. The maximum atomic E-state index is 13.0. The van der Waals surface area contributed by atoms with E-state index in [4.69, 9.17) is 16.3 Å². The highest BCUT2D eigenvalue weighted by atomic mass is 35.5. The van der Waals surface area contributed by atoms with Gasteiger partial charge in [-0.15, -0.1) is 0 Å². The molecule has 1 aromatic carbocycles. The highest BCUT2D eigenvalue weighted by Gasteiger charge is 2.52. The summed E-state index contributed by atoms with van der Waals surface area (Å²) in [6, 6.07) is 5.38. The zero-order valence-electron chi connectivity index (χ0n) is 14.7. The molecule has 1 fully saturated rings. The number of methoxy groups -OCH3 is 1. The third-order valence-electron chi connectivity index (χ3n) is 5.08. The Morgan fingerprint density at radius 1 is 1.27 bits per heavy atom. The van der Waals surface area contributed by atoms with Crippen molar-refractivity contribution >= 4 is 34.6 Å². The Bertz CT molecular complexity index is 973. The van der Waals surface area contributed by atoms with E-state index in [0.29, 0.717) is 40.2 Å². The minimum Gasteiger partial charge on any atom is -0.480 e. The molecule has 134 valence electrons. The van der Waals surface area contributed by atoms with Crippen molar-refractivity contribution in [1.82, 2.24) is 4.98 Å². The highest BCUT2D eigenvalue weighted by molar-refractivity contribution is 6.32. The first kappa shape index (κ1) is 17.0. The summed E-state index contributed by atoms with van der Waals surface area (Å²) in [6.07, 6.45) is 1.86. The van der Waals surface area contributed by atoms with E-state index in [2.05, 4.69) is 9.98 Å². The fraction of sp³-hybridized carbons (Fsp3) is 0.316. The Hall–Kier alpha value is -2.44. The van der Waals surface area contributed by atoms with Crippen LogP contribution in [0, 0.1) is 13.8 Å². The van der Waals surface area contributed by atoms with Crippen LogP contribution in [-0.2, 0) is 0 Å². The summed E-state index contributed by atoms with van der Waals surface area (Å²) in [5.74, 6) is 0.333. The Kier molecular flexibility index (Phi) is 3.78. The van der Waals surface area contributed by atoms with Crippen LogP contribution in [0.3, 0.4) is 0 Å². The normalized spacial score (nSPS) is 21.3. The van der Waals surface area contributed by atoms with Crippen molar-refractivity contribution in [2.24, 2.45) is 4.99 Å². The number of ether oxygens (including phenoxy) is 1. The lowest BCUT2D eigenvalue weighted by Crippen LogP contribution is -2.48. The second-order valence-electron chi connectivity index (χ2n) is 6.66. The summed E-state index contributed by atoms with van der Waals surface area (Å²) in [5, 5.41) is 11.4. The van der Waals surface area contributed by atoms with Crippen molar-refractivity contribution in [2.75, 3.05) is 18.6 Å². The summed E-state index contributed by atoms with van der Waals surface area (Å²) < 4.78 is 5.08. The molecule has 1 atom stereocenters. The van der Waals surface area contributed by atoms with Gasteiger partial charge in [-0.3, -0.25) is 4.79 Å². The number of halogens is 1. The maximum Gasteiger partial charge on any atom is 0.232 e. The molecule has 3 heterocycles. The molecule has 1 N–H and O–H groups in total. The van der Waals surface area contributed by atoms with Gasteiger partial charge in [0, 0.05) is 18.5 Å². The fourth-order valence-electron chi connectivity index (χ4n) is 3.46. The number of fused-ring (bicyclic) bond motifs is 2. The van der Waals surface area contributed by atoms with Gasteiger partial charge >= 0.3 is 0 Å². The van der Waals surface area contributed by atoms with E-state index < -0.39 is 5.60 Å². The molecule has 0 spiro atoms.